The van der Waals surface area contributed by atoms with Crippen molar-refractivity contribution in [2.75, 3.05) is 0 Å². The molecule has 0 N–H and O–H groups in total. The lowest BCUT2D eigenvalue weighted by Gasteiger charge is -1.97. The van der Waals surface area contributed by atoms with E-state index in [4.69, 9.17) is 40.2 Å². The van der Waals surface area contributed by atoms with E-state index in [0.29, 0.717) is 0 Å². The SMILES string of the molecule is [Cl][Al-]([Cl])([Cl])[Cl].c1ccc(Cc2n[n+](-c3ccccc3)ps2)cc1. The van der Waals surface area contributed by atoms with Crippen molar-refractivity contribution in [1.82, 2.24) is 5.10 Å². The van der Waals surface area contributed by atoms with Gasteiger partial charge in [0.05, 0.1) is 0 Å². The van der Waals surface area contributed by atoms with Gasteiger partial charge >= 0.3 is 16.9 Å². The Hall–Kier alpha value is 0.122. The first-order valence-corrected chi connectivity index (χ1v) is 15.9. The van der Waals surface area contributed by atoms with Crippen LogP contribution >= 0.6 is 58.7 Å². The number of benzene rings is 2. The summed E-state index contributed by atoms with van der Waals surface area (Å²) in [5.41, 5.74) is 2.46. The van der Waals surface area contributed by atoms with E-state index in [2.05, 4.69) is 41.5 Å². The van der Waals surface area contributed by atoms with Crippen molar-refractivity contribution in [3.05, 3.63) is 71.2 Å². The van der Waals surface area contributed by atoms with Crippen LogP contribution in [0.25, 0.3) is 5.69 Å². The number of para-hydroxylation sites is 1. The third-order valence-electron chi connectivity index (χ3n) is 2.62. The molecule has 1 heterocycles. The summed E-state index contributed by atoms with van der Waals surface area (Å²) in [4.78, 5) is 0. The minimum absolute atomic E-state index is 0.918. The quantitative estimate of drug-likeness (QED) is 0.459. The van der Waals surface area contributed by atoms with E-state index in [-0.39, 0.29) is 0 Å². The lowest BCUT2D eigenvalue weighted by atomic mass is 10.2. The Bertz CT molecular complexity index is 716. The molecule has 0 bridgehead atoms. The molecule has 1 aromatic heterocycles. The molecule has 2 aromatic carbocycles. The van der Waals surface area contributed by atoms with Gasteiger partial charge < -0.3 is 40.2 Å². The van der Waals surface area contributed by atoms with Crippen LogP contribution in [-0.2, 0) is 6.42 Å². The fourth-order valence-corrected chi connectivity index (χ4v) is 3.90. The van der Waals surface area contributed by atoms with Crippen molar-refractivity contribution in [1.29, 1.82) is 0 Å². The largest absolute Gasteiger partial charge is 0.564 e. The maximum absolute atomic E-state index is 4.99. The van der Waals surface area contributed by atoms with E-state index >= 15 is 0 Å². The number of aromatic nitrogens is 2. The highest BCUT2D eigenvalue weighted by molar-refractivity contribution is 7.81. The molecule has 120 valence electrons. The van der Waals surface area contributed by atoms with Crippen LogP contribution in [0.5, 0.6) is 0 Å². The average molecular weight is 440 g/mol. The lowest BCUT2D eigenvalue weighted by molar-refractivity contribution is -0.586. The number of halogens is 4. The van der Waals surface area contributed by atoms with Gasteiger partial charge in [0.25, 0.3) is 0 Å². The van der Waals surface area contributed by atoms with Gasteiger partial charge in [0.15, 0.2) is 5.01 Å². The highest BCUT2D eigenvalue weighted by atomic mass is 35.9. The maximum Gasteiger partial charge on any atom is 0.564 e. The van der Waals surface area contributed by atoms with Gasteiger partial charge in [-0.1, -0.05) is 48.5 Å². The maximum atomic E-state index is 4.99. The van der Waals surface area contributed by atoms with E-state index in [0.717, 1.165) is 19.6 Å². The Balaban J connectivity index is 0.000000338. The minimum atomic E-state index is -2.94. The number of rotatable bonds is 3. The molecule has 9 heteroatoms. The molecule has 0 aliphatic heterocycles. The highest BCUT2D eigenvalue weighted by Crippen LogP contribution is 2.23. The van der Waals surface area contributed by atoms with Gasteiger partial charge in [0.1, 0.15) is 0 Å². The number of hydrogen-bond acceptors (Lipinski definition) is 2. The molecule has 0 amide bonds. The zero-order valence-electron chi connectivity index (χ0n) is 11.8. The first-order valence-electron chi connectivity index (χ1n) is 6.64. The number of hydrogen-bond donors (Lipinski definition) is 0. The standard InChI is InChI=1S/C14H12N2PS.Al.4ClH/c1-3-7-12(8-4-1)11-14-15-16(17-18-14)13-9-5-2-6-10-13;;;;;/h1-10H,11H2;;4*1H/q+1;+3;;;;/p-4. The van der Waals surface area contributed by atoms with Crippen molar-refractivity contribution < 1.29 is 4.44 Å². The second-order valence-electron chi connectivity index (χ2n) is 4.45. The van der Waals surface area contributed by atoms with Crippen LogP contribution < -0.4 is 4.44 Å². The fourth-order valence-electron chi connectivity index (χ4n) is 1.73. The monoisotopic (exact) mass is 438 g/mol. The molecule has 0 saturated carbocycles. The second kappa shape index (κ2) is 9.57. The predicted molar refractivity (Wildman–Crippen MR) is 105 cm³/mol. The van der Waals surface area contributed by atoms with Gasteiger partial charge in [-0.05, 0) is 21.0 Å². The van der Waals surface area contributed by atoms with Crippen LogP contribution in [0.1, 0.15) is 10.6 Å². The minimum Gasteiger partial charge on any atom is -0.391 e. The summed E-state index contributed by atoms with van der Waals surface area (Å²) >= 11 is 0. The first-order chi connectivity index (χ1) is 10.9. The van der Waals surface area contributed by atoms with Gasteiger partial charge in [-0.3, -0.25) is 0 Å². The lowest BCUT2D eigenvalue weighted by Crippen LogP contribution is -2.28. The molecule has 3 rings (SSSR count). The molecule has 0 radical (unpaired) electrons. The van der Waals surface area contributed by atoms with Crippen molar-refractivity contribution in [3.63, 3.8) is 0 Å². The first kappa shape index (κ1) is 19.4. The Kier molecular flexibility index (Phi) is 8.09. The molecule has 0 atom stereocenters. The zero-order valence-corrected chi connectivity index (χ0v) is 17.7. The Labute approximate surface area is 160 Å². The van der Waals surface area contributed by atoms with Gasteiger partial charge in [-0.2, -0.15) is 0 Å². The molecule has 0 aliphatic rings. The highest BCUT2D eigenvalue weighted by Gasteiger charge is 2.15. The van der Waals surface area contributed by atoms with Crippen LogP contribution in [0, 0.1) is 0 Å². The summed E-state index contributed by atoms with van der Waals surface area (Å²) < 4.78 is 2.03. The zero-order chi connectivity index (χ0) is 16.7. The van der Waals surface area contributed by atoms with E-state index < -0.39 is 9.39 Å². The summed E-state index contributed by atoms with van der Waals surface area (Å²) in [5.74, 6) is 0. The van der Waals surface area contributed by atoms with E-state index in [1.807, 2.05) is 28.7 Å². The Morgan fingerprint density at radius 1 is 0.913 bits per heavy atom. The molecule has 0 spiro atoms. The molecule has 0 fully saturated rings. The predicted octanol–water partition coefficient (Wildman–Crippen LogP) is 5.97. The van der Waals surface area contributed by atoms with Crippen LogP contribution in [-0.4, -0.2) is 14.5 Å². The smallest absolute Gasteiger partial charge is 0.391 e. The normalized spacial score (nSPS) is 11.1. The Morgan fingerprint density at radius 2 is 1.43 bits per heavy atom. The van der Waals surface area contributed by atoms with E-state index in [1.54, 1.807) is 10.9 Å². The van der Waals surface area contributed by atoms with Crippen LogP contribution in [0.15, 0.2) is 60.7 Å². The van der Waals surface area contributed by atoms with Crippen molar-refractivity contribution >= 4 is 68.1 Å². The van der Waals surface area contributed by atoms with Crippen LogP contribution in [0.4, 0.5) is 0 Å². The molecule has 23 heavy (non-hydrogen) atoms. The van der Waals surface area contributed by atoms with Gasteiger partial charge in [-0.15, -0.1) is 0 Å². The molecular formula is C14H12AlCl4N2PS. The van der Waals surface area contributed by atoms with Crippen LogP contribution in [0.2, 0.25) is 0 Å². The Morgan fingerprint density at radius 3 is 2.00 bits per heavy atom. The third-order valence-corrected chi connectivity index (χ3v) is 4.95. The van der Waals surface area contributed by atoms with Gasteiger partial charge in [-0.25, -0.2) is 0 Å². The summed E-state index contributed by atoms with van der Waals surface area (Å²) in [6.07, 6.45) is 0.918. The molecule has 3 aromatic rings. The topological polar surface area (TPSA) is 16.8 Å². The van der Waals surface area contributed by atoms with E-state index in [1.165, 1.54) is 10.6 Å². The summed E-state index contributed by atoms with van der Waals surface area (Å²) in [6.45, 7) is 0. The van der Waals surface area contributed by atoms with Crippen molar-refractivity contribution in [2.45, 2.75) is 6.42 Å². The molecule has 0 saturated heterocycles. The summed E-state index contributed by atoms with van der Waals surface area (Å²) in [7, 11) is 20.0. The molecule has 0 aliphatic carbocycles. The van der Waals surface area contributed by atoms with Crippen molar-refractivity contribution in [3.8, 4) is 5.69 Å². The average Bonchev–Trinajstić information content (AvgIpc) is 2.96. The van der Waals surface area contributed by atoms with Crippen LogP contribution in [0.3, 0.4) is 0 Å². The second-order valence-corrected chi connectivity index (χ2v) is 19.5. The number of nitrogens with zero attached hydrogens (tertiary/aromatic N) is 2. The molecular weight excluding hydrogens is 428 g/mol. The molecule has 2 nitrogen and oxygen atoms in total. The van der Waals surface area contributed by atoms with E-state index in [9.17, 15) is 0 Å². The van der Waals surface area contributed by atoms with Gasteiger partial charge in [0, 0.05) is 23.7 Å². The van der Waals surface area contributed by atoms with Crippen molar-refractivity contribution in [2.24, 2.45) is 0 Å². The summed E-state index contributed by atoms with van der Waals surface area (Å²) in [6, 6.07) is 20.8. The fraction of sp³-hybridized carbons (Fsp3) is 0.0714. The molecule has 0 unspecified atom stereocenters. The van der Waals surface area contributed by atoms with Gasteiger partial charge in [0.2, 0.25) is 5.69 Å². The third kappa shape index (κ3) is 8.16. The summed E-state index contributed by atoms with van der Waals surface area (Å²) in [5, 5.41) is 5.83.